The first-order chi connectivity index (χ1) is 11.5. The van der Waals surface area contributed by atoms with Gasteiger partial charge in [-0.3, -0.25) is 4.98 Å². The maximum Gasteiger partial charge on any atom is 0.170 e. The van der Waals surface area contributed by atoms with Crippen LogP contribution in [0.2, 0.25) is 0 Å². The van der Waals surface area contributed by atoms with Crippen molar-refractivity contribution < 1.29 is 0 Å². The van der Waals surface area contributed by atoms with Gasteiger partial charge in [-0.1, -0.05) is 19.9 Å². The van der Waals surface area contributed by atoms with Crippen molar-refractivity contribution in [2.45, 2.75) is 45.8 Å². The van der Waals surface area contributed by atoms with Crippen molar-refractivity contribution in [1.82, 2.24) is 19.8 Å². The molecule has 5 heteroatoms. The number of hydrogen-bond acceptors (Lipinski definition) is 2. The molecule has 1 N–H and O–H groups in total. The quantitative estimate of drug-likeness (QED) is 0.830. The number of pyridine rings is 1. The topological polar surface area (TPSA) is 33.1 Å². The first-order valence-electron chi connectivity index (χ1n) is 8.63. The molecule has 2 aromatic heterocycles. The molecule has 1 fully saturated rings. The lowest BCUT2D eigenvalue weighted by atomic mass is 10.0. The van der Waals surface area contributed by atoms with Crippen LogP contribution in [0.15, 0.2) is 42.7 Å². The Balaban J connectivity index is 2.05. The minimum Gasteiger partial charge on any atom is -0.352 e. The van der Waals surface area contributed by atoms with E-state index < -0.39 is 0 Å². The van der Waals surface area contributed by atoms with E-state index in [0.29, 0.717) is 12.0 Å². The number of nitrogens with one attached hydrogen (secondary N) is 1. The van der Waals surface area contributed by atoms with Crippen molar-refractivity contribution >= 4 is 17.3 Å². The summed E-state index contributed by atoms with van der Waals surface area (Å²) in [4.78, 5) is 6.91. The maximum absolute atomic E-state index is 5.67. The molecule has 24 heavy (non-hydrogen) atoms. The van der Waals surface area contributed by atoms with Gasteiger partial charge in [0.1, 0.15) is 0 Å². The van der Waals surface area contributed by atoms with Crippen LogP contribution in [0, 0.1) is 5.92 Å². The van der Waals surface area contributed by atoms with Crippen molar-refractivity contribution in [3.8, 4) is 0 Å². The molecular formula is C19H26N4S. The fraction of sp³-hybridized carbons (Fsp3) is 0.474. The third-order valence-electron chi connectivity index (χ3n) is 4.43. The Morgan fingerprint density at radius 1 is 1.17 bits per heavy atom. The second kappa shape index (κ2) is 6.93. The van der Waals surface area contributed by atoms with Gasteiger partial charge in [-0.05, 0) is 56.2 Å². The van der Waals surface area contributed by atoms with Crippen LogP contribution in [0.4, 0.5) is 0 Å². The van der Waals surface area contributed by atoms with Crippen LogP contribution in [-0.2, 0) is 0 Å². The van der Waals surface area contributed by atoms with Crippen LogP contribution in [0.25, 0.3) is 0 Å². The van der Waals surface area contributed by atoms with E-state index in [2.05, 4.69) is 71.9 Å². The summed E-state index contributed by atoms with van der Waals surface area (Å²) in [6.45, 7) is 9.83. The smallest absolute Gasteiger partial charge is 0.170 e. The first kappa shape index (κ1) is 17.0. The molecule has 3 heterocycles. The lowest BCUT2D eigenvalue weighted by Gasteiger charge is -2.30. The molecule has 4 nitrogen and oxygen atoms in total. The third kappa shape index (κ3) is 3.18. The van der Waals surface area contributed by atoms with Crippen LogP contribution < -0.4 is 5.32 Å². The van der Waals surface area contributed by atoms with Crippen molar-refractivity contribution in [2.24, 2.45) is 5.92 Å². The summed E-state index contributed by atoms with van der Waals surface area (Å²) in [6.07, 6.45) is 4.01. The SMILES string of the molecule is CC(C)CN1C(=S)N[C@@H](c2ccccn2)[C@H]1c1cccn1C(C)C. The fourth-order valence-corrected chi connectivity index (χ4v) is 3.76. The molecule has 128 valence electrons. The summed E-state index contributed by atoms with van der Waals surface area (Å²) < 4.78 is 2.34. The van der Waals surface area contributed by atoms with Gasteiger partial charge in [0.15, 0.2) is 5.11 Å². The predicted molar refractivity (Wildman–Crippen MR) is 102 cm³/mol. The zero-order chi connectivity index (χ0) is 17.3. The molecule has 0 spiro atoms. The summed E-state index contributed by atoms with van der Waals surface area (Å²) in [5.41, 5.74) is 2.32. The zero-order valence-electron chi connectivity index (χ0n) is 14.8. The summed E-state index contributed by atoms with van der Waals surface area (Å²) >= 11 is 5.67. The number of aromatic nitrogens is 2. The molecule has 1 aliphatic heterocycles. The van der Waals surface area contributed by atoms with Crippen LogP contribution in [0.5, 0.6) is 0 Å². The highest BCUT2D eigenvalue weighted by atomic mass is 32.1. The van der Waals surface area contributed by atoms with E-state index in [1.165, 1.54) is 5.69 Å². The molecule has 1 aliphatic rings. The number of hydrogen-bond donors (Lipinski definition) is 1. The molecule has 0 aromatic carbocycles. The van der Waals surface area contributed by atoms with Gasteiger partial charge in [0.05, 0.1) is 17.8 Å². The summed E-state index contributed by atoms with van der Waals surface area (Å²) in [6, 6.07) is 11.1. The largest absolute Gasteiger partial charge is 0.352 e. The Morgan fingerprint density at radius 2 is 1.96 bits per heavy atom. The lowest BCUT2D eigenvalue weighted by Crippen LogP contribution is -2.33. The highest BCUT2D eigenvalue weighted by Gasteiger charge is 2.41. The number of rotatable bonds is 5. The Labute approximate surface area is 149 Å². The van der Waals surface area contributed by atoms with Gasteiger partial charge in [-0.15, -0.1) is 0 Å². The highest BCUT2D eigenvalue weighted by Crippen LogP contribution is 2.39. The molecular weight excluding hydrogens is 316 g/mol. The van der Waals surface area contributed by atoms with E-state index in [9.17, 15) is 0 Å². The molecule has 2 aromatic rings. The van der Waals surface area contributed by atoms with Gasteiger partial charge >= 0.3 is 0 Å². The highest BCUT2D eigenvalue weighted by molar-refractivity contribution is 7.80. The van der Waals surface area contributed by atoms with Gasteiger partial charge in [-0.2, -0.15) is 0 Å². The maximum atomic E-state index is 5.67. The van der Waals surface area contributed by atoms with Gasteiger partial charge in [0, 0.05) is 30.7 Å². The average molecular weight is 343 g/mol. The van der Waals surface area contributed by atoms with Gasteiger partial charge < -0.3 is 14.8 Å². The zero-order valence-corrected chi connectivity index (χ0v) is 15.6. The number of nitrogens with zero attached hydrogens (tertiary/aromatic N) is 3. The molecule has 0 bridgehead atoms. The van der Waals surface area contributed by atoms with Crippen molar-refractivity contribution in [3.05, 3.63) is 54.1 Å². The van der Waals surface area contributed by atoms with E-state index in [1.54, 1.807) is 0 Å². The van der Waals surface area contributed by atoms with Gasteiger partial charge in [0.25, 0.3) is 0 Å². The Hall–Kier alpha value is -1.88. The summed E-state index contributed by atoms with van der Waals surface area (Å²) in [5.74, 6) is 0.539. The predicted octanol–water partition coefficient (Wildman–Crippen LogP) is 4.09. The van der Waals surface area contributed by atoms with Gasteiger partial charge in [0.2, 0.25) is 0 Å². The van der Waals surface area contributed by atoms with E-state index in [-0.39, 0.29) is 12.1 Å². The number of thiocarbonyl (C=S) groups is 1. The van der Waals surface area contributed by atoms with Crippen molar-refractivity contribution in [1.29, 1.82) is 0 Å². The average Bonchev–Trinajstić information content (AvgIpc) is 3.13. The van der Waals surface area contributed by atoms with E-state index >= 15 is 0 Å². The van der Waals surface area contributed by atoms with Crippen LogP contribution in [0.3, 0.4) is 0 Å². The van der Waals surface area contributed by atoms with Crippen molar-refractivity contribution in [3.63, 3.8) is 0 Å². The molecule has 0 amide bonds. The Morgan fingerprint density at radius 3 is 2.58 bits per heavy atom. The third-order valence-corrected chi connectivity index (χ3v) is 4.78. The molecule has 1 saturated heterocycles. The van der Waals surface area contributed by atoms with E-state index in [4.69, 9.17) is 12.2 Å². The first-order valence-corrected chi connectivity index (χ1v) is 9.04. The molecule has 2 atom stereocenters. The molecule has 0 radical (unpaired) electrons. The minimum atomic E-state index is 0.0739. The Kier molecular flexibility index (Phi) is 4.90. The summed E-state index contributed by atoms with van der Waals surface area (Å²) in [5, 5.41) is 4.33. The second-order valence-electron chi connectivity index (χ2n) is 7.11. The molecule has 0 unspecified atom stereocenters. The minimum absolute atomic E-state index is 0.0739. The van der Waals surface area contributed by atoms with Crippen molar-refractivity contribution in [2.75, 3.05) is 6.54 Å². The molecule has 0 aliphatic carbocycles. The monoisotopic (exact) mass is 342 g/mol. The van der Waals surface area contributed by atoms with Crippen LogP contribution in [-0.4, -0.2) is 26.1 Å². The normalized spacial score (nSPS) is 20.9. The standard InChI is InChI=1S/C19H26N4S/c1-13(2)12-23-18(16-9-7-11-22(16)14(3)4)17(21-19(23)24)15-8-5-6-10-20-15/h5-11,13-14,17-18H,12H2,1-4H3,(H,21,24)/t17-,18+/m0/s1. The second-order valence-corrected chi connectivity index (χ2v) is 7.49. The molecule has 3 rings (SSSR count). The lowest BCUT2D eigenvalue weighted by molar-refractivity contribution is 0.274. The van der Waals surface area contributed by atoms with Crippen LogP contribution >= 0.6 is 12.2 Å². The summed E-state index contributed by atoms with van der Waals surface area (Å²) in [7, 11) is 0. The van der Waals surface area contributed by atoms with Crippen LogP contribution in [0.1, 0.15) is 57.2 Å². The molecule has 0 saturated carbocycles. The Bertz CT molecular complexity index is 692. The van der Waals surface area contributed by atoms with Gasteiger partial charge in [-0.25, -0.2) is 0 Å². The van der Waals surface area contributed by atoms with E-state index in [0.717, 1.165) is 17.4 Å². The fourth-order valence-electron chi connectivity index (χ4n) is 3.45. The van der Waals surface area contributed by atoms with E-state index in [1.807, 2.05) is 18.3 Å².